The van der Waals surface area contributed by atoms with Gasteiger partial charge in [-0.15, -0.1) is 0 Å². The zero-order valence-electron chi connectivity index (χ0n) is 35.9. The number of hydrogen-bond donors (Lipinski definition) is 2. The molecule has 2 atom stereocenters. The maximum absolute atomic E-state index is 12.6. The summed E-state index contributed by atoms with van der Waals surface area (Å²) >= 11 is 0. The van der Waals surface area contributed by atoms with E-state index in [1.54, 1.807) is 0 Å². The maximum Gasteiger partial charge on any atom is 0.472 e. The van der Waals surface area contributed by atoms with E-state index < -0.39 is 13.9 Å². The topological polar surface area (TPSA) is 117 Å². The first-order valence-corrected chi connectivity index (χ1v) is 24.5. The van der Waals surface area contributed by atoms with E-state index in [1.165, 1.54) is 154 Å². The third kappa shape index (κ3) is 43.7. The first-order valence-electron chi connectivity index (χ1n) is 23.0. The lowest BCUT2D eigenvalue weighted by Crippen LogP contribution is -2.28. The lowest BCUT2D eigenvalue weighted by Gasteiger charge is -2.20. The van der Waals surface area contributed by atoms with Crippen LogP contribution in [0.3, 0.4) is 0 Å². The molecule has 55 heavy (non-hydrogen) atoms. The van der Waals surface area contributed by atoms with Crippen LogP contribution in [0.1, 0.15) is 213 Å². The fourth-order valence-corrected chi connectivity index (χ4v) is 7.14. The first-order chi connectivity index (χ1) is 26.9. The van der Waals surface area contributed by atoms with Crippen LogP contribution in [0.25, 0.3) is 0 Å². The largest absolute Gasteiger partial charge is 0.472 e. The van der Waals surface area contributed by atoms with Gasteiger partial charge in [0.15, 0.2) is 0 Å². The van der Waals surface area contributed by atoms with E-state index in [4.69, 9.17) is 24.3 Å². The predicted octanol–water partition coefficient (Wildman–Crippen LogP) is 13.8. The van der Waals surface area contributed by atoms with Gasteiger partial charge in [-0.3, -0.25) is 13.8 Å². The van der Waals surface area contributed by atoms with Gasteiger partial charge in [-0.05, 0) is 70.6 Å². The number of carbonyl (C=O) groups excluding carboxylic acids is 1. The molecule has 0 aliphatic carbocycles. The smallest absolute Gasteiger partial charge is 0.457 e. The number of phosphoric acid groups is 1. The Balaban J connectivity index is 3.95. The van der Waals surface area contributed by atoms with Crippen molar-refractivity contribution in [3.63, 3.8) is 0 Å². The maximum atomic E-state index is 12.6. The van der Waals surface area contributed by atoms with Gasteiger partial charge in [-0.1, -0.05) is 172 Å². The summed E-state index contributed by atoms with van der Waals surface area (Å²) < 4.78 is 33.4. The van der Waals surface area contributed by atoms with E-state index >= 15 is 0 Å². The summed E-state index contributed by atoms with van der Waals surface area (Å²) in [5, 5.41) is 0. The van der Waals surface area contributed by atoms with Crippen LogP contribution in [0, 0.1) is 0 Å². The van der Waals surface area contributed by atoms with E-state index in [0.29, 0.717) is 13.0 Å². The molecule has 0 aromatic rings. The third-order valence-electron chi connectivity index (χ3n) is 9.78. The van der Waals surface area contributed by atoms with Gasteiger partial charge in [0.1, 0.15) is 6.10 Å². The van der Waals surface area contributed by atoms with Crippen LogP contribution in [-0.2, 0) is 27.9 Å². The molecule has 0 aromatic heterocycles. The van der Waals surface area contributed by atoms with E-state index in [-0.39, 0.29) is 32.3 Å². The van der Waals surface area contributed by atoms with Crippen molar-refractivity contribution < 1.29 is 32.8 Å². The molecule has 0 radical (unpaired) electrons. The monoisotopic (exact) mass is 798 g/mol. The number of nitrogens with two attached hydrogens (primary N) is 1. The van der Waals surface area contributed by atoms with Crippen LogP contribution in [0.4, 0.5) is 0 Å². The highest BCUT2D eigenvalue weighted by atomic mass is 31.2. The summed E-state index contributed by atoms with van der Waals surface area (Å²) in [7, 11) is -4.28. The number of allylic oxidation sites excluding steroid dienone is 6. The van der Waals surface area contributed by atoms with Gasteiger partial charge in [0.25, 0.3) is 0 Å². The molecule has 0 spiro atoms. The molecule has 0 rings (SSSR count). The summed E-state index contributed by atoms with van der Waals surface area (Å²) in [6, 6.07) is 0. The van der Waals surface area contributed by atoms with Gasteiger partial charge in [0, 0.05) is 19.6 Å². The average Bonchev–Trinajstić information content (AvgIpc) is 3.17. The number of rotatable bonds is 44. The van der Waals surface area contributed by atoms with Gasteiger partial charge in [-0.25, -0.2) is 4.57 Å². The van der Waals surface area contributed by atoms with Crippen molar-refractivity contribution in [2.75, 3.05) is 33.0 Å². The molecule has 0 aromatic carbocycles. The third-order valence-corrected chi connectivity index (χ3v) is 10.8. The van der Waals surface area contributed by atoms with Gasteiger partial charge in [0.2, 0.25) is 0 Å². The number of hydrogen-bond acceptors (Lipinski definition) is 7. The molecule has 0 saturated carbocycles. The number of phosphoric ester groups is 1. The Morgan fingerprint density at radius 2 is 0.964 bits per heavy atom. The van der Waals surface area contributed by atoms with Crippen molar-refractivity contribution in [2.45, 2.75) is 219 Å². The minimum atomic E-state index is -4.28. The van der Waals surface area contributed by atoms with Gasteiger partial charge < -0.3 is 20.1 Å². The molecule has 0 fully saturated rings. The van der Waals surface area contributed by atoms with Crippen LogP contribution >= 0.6 is 7.82 Å². The van der Waals surface area contributed by atoms with E-state index in [0.717, 1.165) is 38.5 Å². The first kappa shape index (κ1) is 53.7. The van der Waals surface area contributed by atoms with Crippen molar-refractivity contribution in [1.82, 2.24) is 0 Å². The fourth-order valence-electron chi connectivity index (χ4n) is 6.37. The van der Waals surface area contributed by atoms with E-state index in [9.17, 15) is 14.3 Å². The van der Waals surface area contributed by atoms with Gasteiger partial charge in [-0.2, -0.15) is 0 Å². The number of esters is 1. The molecule has 2 unspecified atom stereocenters. The van der Waals surface area contributed by atoms with Crippen LogP contribution in [-0.4, -0.2) is 49.9 Å². The molecule has 0 saturated heterocycles. The molecular weight excluding hydrogens is 709 g/mol. The molecule has 9 heteroatoms. The molecule has 0 aliphatic rings. The fraction of sp³-hybridized carbons (Fsp3) is 0.848. The number of ether oxygens (including phenoxy) is 2. The molecule has 0 aliphatic heterocycles. The van der Waals surface area contributed by atoms with E-state index in [2.05, 4.69) is 50.3 Å². The van der Waals surface area contributed by atoms with Crippen molar-refractivity contribution in [3.8, 4) is 0 Å². The Kier molecular flexibility index (Phi) is 42.8. The normalized spacial score (nSPS) is 13.7. The second-order valence-electron chi connectivity index (χ2n) is 15.3. The quantitative estimate of drug-likeness (QED) is 0.0271. The van der Waals surface area contributed by atoms with Crippen molar-refractivity contribution in [3.05, 3.63) is 36.5 Å². The minimum absolute atomic E-state index is 0.0968. The lowest BCUT2D eigenvalue weighted by molar-refractivity contribution is -0.154. The highest BCUT2D eigenvalue weighted by Gasteiger charge is 2.25. The molecule has 3 N–H and O–H groups in total. The SMILES string of the molecule is CCCCC/C=C\CCCCCCCCOCC(COP(=O)(O)OCCN)OC(=O)CCCCCCCCCCCCC/C=C\C/C=C\CCCCCCC. The molecule has 324 valence electrons. The zero-order chi connectivity index (χ0) is 40.2. The number of carbonyl (C=O) groups is 1. The summed E-state index contributed by atoms with van der Waals surface area (Å²) in [4.78, 5) is 22.5. The highest BCUT2D eigenvalue weighted by molar-refractivity contribution is 7.47. The Morgan fingerprint density at radius 3 is 1.47 bits per heavy atom. The molecular formula is C46H88NO7P. The van der Waals surface area contributed by atoms with Crippen molar-refractivity contribution in [1.29, 1.82) is 0 Å². The van der Waals surface area contributed by atoms with Crippen LogP contribution in [0.2, 0.25) is 0 Å². The molecule has 0 bridgehead atoms. The summed E-state index contributed by atoms with van der Waals surface area (Å²) in [5.74, 6) is -0.334. The van der Waals surface area contributed by atoms with Gasteiger partial charge in [0.05, 0.1) is 19.8 Å². The Labute approximate surface area is 339 Å². The van der Waals surface area contributed by atoms with Crippen LogP contribution < -0.4 is 5.73 Å². The Hall–Kier alpha value is -1.28. The predicted molar refractivity (Wildman–Crippen MR) is 233 cm³/mol. The Morgan fingerprint density at radius 1 is 0.545 bits per heavy atom. The summed E-state index contributed by atoms with van der Waals surface area (Å²) in [5.41, 5.74) is 5.37. The minimum Gasteiger partial charge on any atom is -0.457 e. The van der Waals surface area contributed by atoms with Crippen molar-refractivity contribution in [2.24, 2.45) is 5.73 Å². The van der Waals surface area contributed by atoms with Gasteiger partial charge >= 0.3 is 13.8 Å². The second-order valence-corrected chi connectivity index (χ2v) is 16.7. The van der Waals surface area contributed by atoms with Crippen LogP contribution in [0.15, 0.2) is 36.5 Å². The van der Waals surface area contributed by atoms with Crippen molar-refractivity contribution >= 4 is 13.8 Å². The number of unbranched alkanes of at least 4 members (excludes halogenated alkanes) is 25. The van der Waals surface area contributed by atoms with E-state index in [1.807, 2.05) is 0 Å². The average molecular weight is 798 g/mol. The van der Waals surface area contributed by atoms with Crippen LogP contribution in [0.5, 0.6) is 0 Å². The zero-order valence-corrected chi connectivity index (χ0v) is 36.8. The highest BCUT2D eigenvalue weighted by Crippen LogP contribution is 2.43. The standard InChI is InChI=1S/C46H88NO7P/c1-3-5-7-9-11-13-15-17-18-19-20-21-22-23-24-25-26-27-29-31-33-35-37-39-46(48)54-45(44-53-55(49,50)52-42-40-47)43-51-41-38-36-34-32-30-28-16-14-12-10-8-6-4-2/h12,14-15,17,19-20,45H,3-11,13,16,18,21-44,47H2,1-2H3,(H,49,50)/b14-12-,17-15-,20-19-. The Bertz CT molecular complexity index is 941. The molecule has 0 amide bonds. The molecule has 8 nitrogen and oxygen atoms in total. The molecule has 0 heterocycles. The lowest BCUT2D eigenvalue weighted by atomic mass is 10.0. The second kappa shape index (κ2) is 43.8. The summed E-state index contributed by atoms with van der Waals surface area (Å²) in [6.45, 7) is 4.89. The summed E-state index contributed by atoms with van der Waals surface area (Å²) in [6.07, 6.45) is 50.2.